The summed E-state index contributed by atoms with van der Waals surface area (Å²) in [6.45, 7) is 4.34. The Morgan fingerprint density at radius 2 is 2.09 bits per heavy atom. The van der Waals surface area contributed by atoms with Gasteiger partial charge in [-0.25, -0.2) is 13.9 Å². The monoisotopic (exact) mass is 332 g/mol. The van der Waals surface area contributed by atoms with E-state index in [1.54, 1.807) is 28.0 Å². The molecule has 0 unspecified atom stereocenters. The third-order valence-electron chi connectivity index (χ3n) is 3.57. The third kappa shape index (κ3) is 3.39. The first-order valence-electron chi connectivity index (χ1n) is 7.42. The summed E-state index contributed by atoms with van der Waals surface area (Å²) in [4.78, 5) is 17.4. The maximum absolute atomic E-state index is 12.9. The molecule has 0 saturated carbocycles. The van der Waals surface area contributed by atoms with E-state index in [-0.39, 0.29) is 18.1 Å². The Hall–Kier alpha value is -2.28. The molecule has 0 bridgehead atoms. The van der Waals surface area contributed by atoms with Crippen LogP contribution in [-0.2, 0) is 24.2 Å². The van der Waals surface area contributed by atoms with Crippen molar-refractivity contribution < 1.29 is 9.18 Å². The standard InChI is InChI=1S/C16H17FN4OS/c1-3-15-20-21-13(10(2)19-16(21)23-15)9-18-14(22)8-11-4-6-12(17)7-5-11/h4-7H,3,8-9H2,1-2H3,(H,18,22). The number of hydrogen-bond donors (Lipinski definition) is 1. The van der Waals surface area contributed by atoms with Crippen molar-refractivity contribution >= 4 is 22.2 Å². The van der Waals surface area contributed by atoms with E-state index < -0.39 is 0 Å². The number of carbonyl (C=O) groups excluding carboxylic acids is 1. The maximum Gasteiger partial charge on any atom is 0.224 e. The van der Waals surface area contributed by atoms with Crippen LogP contribution in [0.2, 0.25) is 0 Å². The van der Waals surface area contributed by atoms with E-state index in [1.807, 2.05) is 6.92 Å². The zero-order valence-electron chi connectivity index (χ0n) is 13.0. The summed E-state index contributed by atoms with van der Waals surface area (Å²) in [6.07, 6.45) is 1.09. The van der Waals surface area contributed by atoms with E-state index in [0.29, 0.717) is 6.54 Å². The summed E-state index contributed by atoms with van der Waals surface area (Å²) in [6, 6.07) is 5.94. The van der Waals surface area contributed by atoms with Crippen LogP contribution < -0.4 is 5.32 Å². The van der Waals surface area contributed by atoms with Gasteiger partial charge in [-0.2, -0.15) is 5.10 Å². The zero-order valence-corrected chi connectivity index (χ0v) is 13.8. The molecule has 0 spiro atoms. The highest BCUT2D eigenvalue weighted by Gasteiger charge is 2.14. The molecule has 3 rings (SSSR count). The fourth-order valence-corrected chi connectivity index (χ4v) is 3.21. The Morgan fingerprint density at radius 1 is 1.35 bits per heavy atom. The summed E-state index contributed by atoms with van der Waals surface area (Å²) in [5, 5.41) is 8.40. The smallest absolute Gasteiger partial charge is 0.224 e. The number of aromatic nitrogens is 3. The molecule has 0 atom stereocenters. The Morgan fingerprint density at radius 3 is 2.78 bits per heavy atom. The summed E-state index contributed by atoms with van der Waals surface area (Å²) in [5.41, 5.74) is 2.54. The van der Waals surface area contributed by atoms with E-state index in [2.05, 4.69) is 22.3 Å². The Balaban J connectivity index is 1.67. The molecule has 0 radical (unpaired) electrons. The Labute approximate surface area is 137 Å². The largest absolute Gasteiger partial charge is 0.350 e. The molecule has 0 fully saturated rings. The number of nitrogens with zero attached hydrogens (tertiary/aromatic N) is 3. The SMILES string of the molecule is CCc1nn2c(CNC(=O)Cc3ccc(F)cc3)c(C)nc2s1. The Kier molecular flexibility index (Phi) is 4.38. The molecule has 2 aromatic heterocycles. The lowest BCUT2D eigenvalue weighted by Crippen LogP contribution is -2.25. The maximum atomic E-state index is 12.9. The van der Waals surface area contributed by atoms with Gasteiger partial charge < -0.3 is 5.32 Å². The number of aryl methyl sites for hydroxylation is 2. The first kappa shape index (κ1) is 15.6. The molecule has 1 aromatic carbocycles. The van der Waals surface area contributed by atoms with E-state index in [0.717, 1.165) is 33.3 Å². The van der Waals surface area contributed by atoms with E-state index in [4.69, 9.17) is 0 Å². The van der Waals surface area contributed by atoms with Gasteiger partial charge in [0.2, 0.25) is 10.9 Å². The second kappa shape index (κ2) is 6.45. The topological polar surface area (TPSA) is 59.3 Å². The van der Waals surface area contributed by atoms with Gasteiger partial charge in [0.15, 0.2) is 0 Å². The van der Waals surface area contributed by atoms with Gasteiger partial charge in [0.1, 0.15) is 10.8 Å². The normalized spacial score (nSPS) is 11.1. The molecule has 0 saturated heterocycles. The highest BCUT2D eigenvalue weighted by molar-refractivity contribution is 7.16. The van der Waals surface area contributed by atoms with Crippen molar-refractivity contribution in [2.75, 3.05) is 0 Å². The summed E-state index contributed by atoms with van der Waals surface area (Å²) >= 11 is 1.56. The molecule has 2 heterocycles. The van der Waals surface area contributed by atoms with Crippen LogP contribution in [-0.4, -0.2) is 20.5 Å². The number of imidazole rings is 1. The highest BCUT2D eigenvalue weighted by Crippen LogP contribution is 2.18. The van der Waals surface area contributed by atoms with Gasteiger partial charge in [-0.1, -0.05) is 30.4 Å². The van der Waals surface area contributed by atoms with Crippen molar-refractivity contribution in [1.82, 2.24) is 19.9 Å². The average molecular weight is 332 g/mol. The molecule has 7 heteroatoms. The van der Waals surface area contributed by atoms with Crippen molar-refractivity contribution in [1.29, 1.82) is 0 Å². The van der Waals surface area contributed by atoms with Crippen LogP contribution in [0.5, 0.6) is 0 Å². The summed E-state index contributed by atoms with van der Waals surface area (Å²) < 4.78 is 14.7. The van der Waals surface area contributed by atoms with Gasteiger partial charge >= 0.3 is 0 Å². The fraction of sp³-hybridized carbons (Fsp3) is 0.312. The lowest BCUT2D eigenvalue weighted by atomic mass is 10.1. The molecule has 3 aromatic rings. The Bertz CT molecular complexity index is 838. The van der Waals surface area contributed by atoms with Gasteiger partial charge in [0.05, 0.1) is 24.4 Å². The van der Waals surface area contributed by atoms with Crippen molar-refractivity contribution in [3.63, 3.8) is 0 Å². The quantitative estimate of drug-likeness (QED) is 0.781. The highest BCUT2D eigenvalue weighted by atomic mass is 32.1. The minimum absolute atomic E-state index is 0.114. The van der Waals surface area contributed by atoms with Crippen molar-refractivity contribution in [2.45, 2.75) is 33.2 Å². The van der Waals surface area contributed by atoms with Crippen LogP contribution in [0.15, 0.2) is 24.3 Å². The summed E-state index contributed by atoms with van der Waals surface area (Å²) in [5.74, 6) is -0.418. The van der Waals surface area contributed by atoms with E-state index in [9.17, 15) is 9.18 Å². The molecule has 5 nitrogen and oxygen atoms in total. The molecule has 0 aliphatic heterocycles. The molecule has 1 amide bonds. The minimum atomic E-state index is -0.304. The minimum Gasteiger partial charge on any atom is -0.350 e. The predicted molar refractivity (Wildman–Crippen MR) is 86.9 cm³/mol. The summed E-state index contributed by atoms with van der Waals surface area (Å²) in [7, 11) is 0. The van der Waals surface area contributed by atoms with Gasteiger partial charge in [-0.3, -0.25) is 4.79 Å². The lowest BCUT2D eigenvalue weighted by molar-refractivity contribution is -0.120. The number of nitrogens with one attached hydrogen (secondary N) is 1. The fourth-order valence-electron chi connectivity index (χ4n) is 2.31. The average Bonchev–Trinajstić information content (AvgIpc) is 3.04. The molecular formula is C16H17FN4OS. The molecule has 1 N–H and O–H groups in total. The number of fused-ring (bicyclic) bond motifs is 1. The number of carbonyl (C=O) groups is 1. The predicted octanol–water partition coefficient (Wildman–Crippen LogP) is 2.66. The molecule has 0 aliphatic rings. The first-order chi connectivity index (χ1) is 11.1. The molecule has 0 aliphatic carbocycles. The van der Waals surface area contributed by atoms with Crippen molar-refractivity contribution in [2.24, 2.45) is 0 Å². The van der Waals surface area contributed by atoms with Crippen LogP contribution in [0.3, 0.4) is 0 Å². The van der Waals surface area contributed by atoms with Gasteiger partial charge in [-0.15, -0.1) is 0 Å². The van der Waals surface area contributed by atoms with Gasteiger partial charge in [0.25, 0.3) is 0 Å². The van der Waals surface area contributed by atoms with Crippen molar-refractivity contribution in [3.8, 4) is 0 Å². The molecule has 23 heavy (non-hydrogen) atoms. The third-order valence-corrected chi connectivity index (χ3v) is 4.62. The number of benzene rings is 1. The van der Waals surface area contributed by atoms with E-state index in [1.165, 1.54) is 12.1 Å². The van der Waals surface area contributed by atoms with Crippen LogP contribution in [0.4, 0.5) is 4.39 Å². The van der Waals surface area contributed by atoms with Crippen LogP contribution in [0, 0.1) is 12.7 Å². The van der Waals surface area contributed by atoms with Crippen LogP contribution in [0.1, 0.15) is 28.9 Å². The zero-order chi connectivity index (χ0) is 16.4. The molecular weight excluding hydrogens is 315 g/mol. The van der Waals surface area contributed by atoms with Crippen LogP contribution in [0.25, 0.3) is 4.96 Å². The van der Waals surface area contributed by atoms with Crippen LogP contribution >= 0.6 is 11.3 Å². The van der Waals surface area contributed by atoms with Gasteiger partial charge in [-0.05, 0) is 31.0 Å². The number of rotatable bonds is 5. The lowest BCUT2D eigenvalue weighted by Gasteiger charge is -2.05. The second-order valence-electron chi connectivity index (χ2n) is 5.27. The first-order valence-corrected chi connectivity index (χ1v) is 8.23. The van der Waals surface area contributed by atoms with Gasteiger partial charge in [0, 0.05) is 0 Å². The second-order valence-corrected chi connectivity index (χ2v) is 6.31. The number of hydrogen-bond acceptors (Lipinski definition) is 4. The number of amides is 1. The van der Waals surface area contributed by atoms with Crippen molar-refractivity contribution in [3.05, 3.63) is 52.0 Å². The number of halogens is 1. The van der Waals surface area contributed by atoms with E-state index >= 15 is 0 Å². The molecule has 120 valence electrons.